The number of rotatable bonds is 7. The van der Waals surface area contributed by atoms with Crippen LogP contribution < -0.4 is 10.1 Å². The van der Waals surface area contributed by atoms with Crippen molar-refractivity contribution >= 4 is 0 Å². The zero-order chi connectivity index (χ0) is 13.5. The van der Waals surface area contributed by atoms with Gasteiger partial charge in [0, 0.05) is 0 Å². The van der Waals surface area contributed by atoms with Crippen LogP contribution in [-0.4, -0.2) is 33.9 Å². The number of methoxy groups -OCH3 is 1. The van der Waals surface area contributed by atoms with E-state index in [1.165, 1.54) is 0 Å². The molecule has 19 heavy (non-hydrogen) atoms. The van der Waals surface area contributed by atoms with Crippen LogP contribution in [0.4, 0.5) is 0 Å². The Kier molecular flexibility index (Phi) is 4.85. The van der Waals surface area contributed by atoms with E-state index < -0.39 is 0 Å². The Balaban J connectivity index is 1.99. The van der Waals surface area contributed by atoms with Crippen molar-refractivity contribution in [2.45, 2.75) is 26.4 Å². The summed E-state index contributed by atoms with van der Waals surface area (Å²) in [4.78, 5) is 0. The average Bonchev–Trinajstić information content (AvgIpc) is 2.87. The van der Waals surface area contributed by atoms with E-state index in [1.54, 1.807) is 7.11 Å². The third-order valence-corrected chi connectivity index (χ3v) is 2.81. The molecule has 1 aromatic heterocycles. The molecule has 0 bridgehead atoms. The van der Waals surface area contributed by atoms with E-state index >= 15 is 0 Å². The Morgan fingerprint density at radius 3 is 2.74 bits per heavy atom. The van der Waals surface area contributed by atoms with Crippen LogP contribution in [-0.2, 0) is 13.1 Å². The van der Waals surface area contributed by atoms with E-state index in [4.69, 9.17) is 4.74 Å². The number of hydrogen-bond donors (Lipinski definition) is 1. The first-order valence-corrected chi connectivity index (χ1v) is 6.42. The minimum absolute atomic E-state index is 0.667. The minimum atomic E-state index is 0.667. The third kappa shape index (κ3) is 3.75. The van der Waals surface area contributed by atoms with Crippen molar-refractivity contribution in [3.63, 3.8) is 0 Å². The summed E-state index contributed by atoms with van der Waals surface area (Å²) < 4.78 is 6.95. The normalized spacial score (nSPS) is 10.6. The summed E-state index contributed by atoms with van der Waals surface area (Å²) in [5.74, 6) is 1.70. The molecular weight excluding hydrogens is 242 g/mol. The van der Waals surface area contributed by atoms with E-state index in [1.807, 2.05) is 28.9 Å². The number of nitrogens with zero attached hydrogens (tertiary/aromatic N) is 4. The van der Waals surface area contributed by atoms with Crippen molar-refractivity contribution in [1.29, 1.82) is 0 Å². The second-order valence-electron chi connectivity index (χ2n) is 4.28. The number of aromatic nitrogens is 4. The van der Waals surface area contributed by atoms with Crippen LogP contribution in [0.1, 0.15) is 24.7 Å². The van der Waals surface area contributed by atoms with Crippen molar-refractivity contribution < 1.29 is 4.74 Å². The summed E-state index contributed by atoms with van der Waals surface area (Å²) in [6.45, 7) is 4.46. The molecule has 0 aliphatic rings. The summed E-state index contributed by atoms with van der Waals surface area (Å²) in [5, 5.41) is 15.1. The van der Waals surface area contributed by atoms with Crippen molar-refractivity contribution in [1.82, 2.24) is 25.5 Å². The molecule has 0 saturated carbocycles. The second-order valence-corrected chi connectivity index (χ2v) is 4.28. The van der Waals surface area contributed by atoms with Crippen molar-refractivity contribution in [2.24, 2.45) is 0 Å². The Morgan fingerprint density at radius 2 is 2.05 bits per heavy atom. The van der Waals surface area contributed by atoms with E-state index in [0.717, 1.165) is 30.1 Å². The van der Waals surface area contributed by atoms with Gasteiger partial charge in [-0.2, -0.15) is 0 Å². The molecular formula is C13H19N5O. The molecule has 0 unspecified atom stereocenters. The van der Waals surface area contributed by atoms with Crippen LogP contribution in [0.2, 0.25) is 0 Å². The largest absolute Gasteiger partial charge is 0.497 e. The van der Waals surface area contributed by atoms with Gasteiger partial charge in [-0.05, 0) is 41.1 Å². The molecule has 1 heterocycles. The lowest BCUT2D eigenvalue weighted by molar-refractivity contribution is 0.414. The van der Waals surface area contributed by atoms with Gasteiger partial charge in [-0.15, -0.1) is 5.10 Å². The molecule has 2 aromatic rings. The predicted molar refractivity (Wildman–Crippen MR) is 71.9 cm³/mol. The van der Waals surface area contributed by atoms with Crippen LogP contribution >= 0.6 is 0 Å². The Morgan fingerprint density at radius 1 is 1.26 bits per heavy atom. The van der Waals surface area contributed by atoms with Crippen LogP contribution in [0.5, 0.6) is 5.75 Å². The first kappa shape index (κ1) is 13.5. The molecule has 1 N–H and O–H groups in total. The number of benzene rings is 1. The molecule has 6 heteroatoms. The van der Waals surface area contributed by atoms with Gasteiger partial charge in [0.1, 0.15) is 5.75 Å². The molecule has 6 nitrogen and oxygen atoms in total. The van der Waals surface area contributed by atoms with Crippen LogP contribution in [0.25, 0.3) is 0 Å². The van der Waals surface area contributed by atoms with Crippen LogP contribution in [0, 0.1) is 0 Å². The smallest absolute Gasteiger partial charge is 0.165 e. The summed E-state index contributed by atoms with van der Waals surface area (Å²) in [6, 6.07) is 7.91. The SMILES string of the molecule is CCCNCc1nnnn1Cc1ccc(OC)cc1. The van der Waals surface area contributed by atoms with Crippen molar-refractivity contribution in [2.75, 3.05) is 13.7 Å². The van der Waals surface area contributed by atoms with Crippen LogP contribution in [0.3, 0.4) is 0 Å². The minimum Gasteiger partial charge on any atom is -0.497 e. The molecule has 0 atom stereocenters. The zero-order valence-corrected chi connectivity index (χ0v) is 11.3. The first-order chi connectivity index (χ1) is 9.33. The number of tetrazole rings is 1. The molecule has 102 valence electrons. The predicted octanol–water partition coefficient (Wildman–Crippen LogP) is 1.23. The molecule has 0 saturated heterocycles. The fourth-order valence-electron chi connectivity index (χ4n) is 1.75. The highest BCUT2D eigenvalue weighted by atomic mass is 16.5. The maximum Gasteiger partial charge on any atom is 0.165 e. The number of nitrogens with one attached hydrogen (secondary N) is 1. The topological polar surface area (TPSA) is 64.9 Å². The molecule has 2 rings (SSSR count). The van der Waals surface area contributed by atoms with Gasteiger partial charge < -0.3 is 10.1 Å². The van der Waals surface area contributed by atoms with Gasteiger partial charge in [0.15, 0.2) is 5.82 Å². The van der Waals surface area contributed by atoms with E-state index in [9.17, 15) is 0 Å². The summed E-state index contributed by atoms with van der Waals surface area (Å²) in [6.07, 6.45) is 1.10. The van der Waals surface area contributed by atoms with Gasteiger partial charge in [0.2, 0.25) is 0 Å². The fraction of sp³-hybridized carbons (Fsp3) is 0.462. The standard InChI is InChI=1S/C13H19N5O/c1-3-8-14-9-13-15-16-17-18(13)10-11-4-6-12(19-2)7-5-11/h4-7,14H,3,8-10H2,1-2H3. The molecule has 0 radical (unpaired) electrons. The second kappa shape index (κ2) is 6.84. The number of hydrogen-bond acceptors (Lipinski definition) is 5. The van der Waals surface area contributed by atoms with Gasteiger partial charge >= 0.3 is 0 Å². The van der Waals surface area contributed by atoms with Gasteiger partial charge in [-0.3, -0.25) is 0 Å². The molecule has 0 spiro atoms. The highest BCUT2D eigenvalue weighted by Gasteiger charge is 2.06. The van der Waals surface area contributed by atoms with E-state index in [-0.39, 0.29) is 0 Å². The monoisotopic (exact) mass is 261 g/mol. The highest BCUT2D eigenvalue weighted by Crippen LogP contribution is 2.12. The average molecular weight is 261 g/mol. The van der Waals surface area contributed by atoms with Crippen molar-refractivity contribution in [3.05, 3.63) is 35.7 Å². The van der Waals surface area contributed by atoms with E-state index in [0.29, 0.717) is 13.1 Å². The zero-order valence-electron chi connectivity index (χ0n) is 11.3. The quantitative estimate of drug-likeness (QED) is 0.759. The van der Waals surface area contributed by atoms with Gasteiger partial charge in [-0.25, -0.2) is 4.68 Å². The lowest BCUT2D eigenvalue weighted by atomic mass is 10.2. The fourth-order valence-corrected chi connectivity index (χ4v) is 1.75. The Hall–Kier alpha value is -1.95. The Labute approximate surface area is 112 Å². The molecule has 0 aliphatic heterocycles. The van der Waals surface area contributed by atoms with Gasteiger partial charge in [0.05, 0.1) is 20.2 Å². The third-order valence-electron chi connectivity index (χ3n) is 2.81. The van der Waals surface area contributed by atoms with Crippen molar-refractivity contribution in [3.8, 4) is 5.75 Å². The van der Waals surface area contributed by atoms with Gasteiger partial charge in [-0.1, -0.05) is 19.1 Å². The molecule has 0 fully saturated rings. The maximum atomic E-state index is 5.14. The highest BCUT2D eigenvalue weighted by molar-refractivity contribution is 5.27. The lowest BCUT2D eigenvalue weighted by Gasteiger charge is -2.06. The number of ether oxygens (including phenoxy) is 1. The first-order valence-electron chi connectivity index (χ1n) is 6.42. The molecule has 0 amide bonds. The molecule has 1 aromatic carbocycles. The van der Waals surface area contributed by atoms with Crippen LogP contribution in [0.15, 0.2) is 24.3 Å². The van der Waals surface area contributed by atoms with Gasteiger partial charge in [0.25, 0.3) is 0 Å². The molecule has 0 aliphatic carbocycles. The lowest BCUT2D eigenvalue weighted by Crippen LogP contribution is -2.18. The summed E-state index contributed by atoms with van der Waals surface area (Å²) in [5.41, 5.74) is 1.14. The Bertz CT molecular complexity index is 494. The van der Waals surface area contributed by atoms with E-state index in [2.05, 4.69) is 27.8 Å². The summed E-state index contributed by atoms with van der Waals surface area (Å²) in [7, 11) is 1.66. The maximum absolute atomic E-state index is 5.14. The summed E-state index contributed by atoms with van der Waals surface area (Å²) >= 11 is 0.